The number of carbonyl (C=O) groups excluding carboxylic acids is 1. The summed E-state index contributed by atoms with van der Waals surface area (Å²) in [6.07, 6.45) is 0. The number of nitro groups is 1. The first-order chi connectivity index (χ1) is 7.95. The third-order valence-corrected chi connectivity index (χ3v) is 2.40. The molecule has 0 bridgehead atoms. The molecular weight excluding hydrogens is 258 g/mol. The van der Waals surface area contributed by atoms with Crippen molar-refractivity contribution >= 4 is 24.0 Å². The zero-order valence-electron chi connectivity index (χ0n) is 10.2. The van der Waals surface area contributed by atoms with E-state index in [0.29, 0.717) is 17.7 Å². The van der Waals surface area contributed by atoms with Gasteiger partial charge in [-0.1, -0.05) is 0 Å². The Balaban J connectivity index is 0.00000289. The van der Waals surface area contributed by atoms with Gasteiger partial charge in [0.2, 0.25) is 0 Å². The molecule has 0 aliphatic rings. The molecule has 1 amide bonds. The Morgan fingerprint density at radius 1 is 1.56 bits per heavy atom. The number of aryl methyl sites for hydroxylation is 1. The third kappa shape index (κ3) is 3.97. The Hall–Kier alpha value is -1.66. The minimum Gasteiger partial charge on any atom is -0.348 e. The molecule has 3 N–H and O–H groups in total. The van der Waals surface area contributed by atoms with Crippen LogP contribution in [-0.2, 0) is 0 Å². The van der Waals surface area contributed by atoms with E-state index in [9.17, 15) is 14.9 Å². The maximum absolute atomic E-state index is 11.8. The van der Waals surface area contributed by atoms with Gasteiger partial charge >= 0.3 is 0 Å². The van der Waals surface area contributed by atoms with E-state index in [1.807, 2.05) is 0 Å². The quantitative estimate of drug-likeness (QED) is 0.640. The van der Waals surface area contributed by atoms with Crippen LogP contribution in [0.3, 0.4) is 0 Å². The van der Waals surface area contributed by atoms with Crippen LogP contribution in [0.25, 0.3) is 0 Å². The number of amides is 1. The molecule has 100 valence electrons. The minimum atomic E-state index is -0.489. The molecule has 0 heterocycles. The van der Waals surface area contributed by atoms with Crippen LogP contribution in [0.4, 0.5) is 5.69 Å². The molecule has 18 heavy (non-hydrogen) atoms. The SMILES string of the molecule is Cc1cc([N+](=O)[O-])ccc1C(=O)N[C@@H](C)CN.Cl. The highest BCUT2D eigenvalue weighted by Gasteiger charge is 2.14. The number of benzene rings is 1. The lowest BCUT2D eigenvalue weighted by molar-refractivity contribution is -0.384. The fraction of sp³-hybridized carbons (Fsp3) is 0.364. The number of nitrogens with two attached hydrogens (primary N) is 1. The van der Waals surface area contributed by atoms with Crippen LogP contribution < -0.4 is 11.1 Å². The van der Waals surface area contributed by atoms with E-state index in [1.165, 1.54) is 18.2 Å². The standard InChI is InChI=1S/C11H15N3O3.ClH/c1-7-5-9(14(16)17)3-4-10(7)11(15)13-8(2)6-12;/h3-5,8H,6,12H2,1-2H3,(H,13,15);1H/t8-;/m0./s1. The van der Waals surface area contributed by atoms with E-state index in [0.717, 1.165) is 0 Å². The average molecular weight is 274 g/mol. The number of rotatable bonds is 4. The highest BCUT2D eigenvalue weighted by molar-refractivity contribution is 5.96. The molecule has 0 aliphatic carbocycles. The maximum Gasteiger partial charge on any atom is 0.269 e. The topological polar surface area (TPSA) is 98.3 Å². The first-order valence-corrected chi connectivity index (χ1v) is 5.21. The molecule has 0 radical (unpaired) electrons. The normalized spacial score (nSPS) is 11.3. The lowest BCUT2D eigenvalue weighted by atomic mass is 10.1. The Morgan fingerprint density at radius 3 is 2.61 bits per heavy atom. The van der Waals surface area contributed by atoms with Gasteiger partial charge in [-0.15, -0.1) is 12.4 Å². The summed E-state index contributed by atoms with van der Waals surface area (Å²) in [6.45, 7) is 3.80. The number of carbonyl (C=O) groups is 1. The van der Waals surface area contributed by atoms with Crippen molar-refractivity contribution in [2.45, 2.75) is 19.9 Å². The smallest absolute Gasteiger partial charge is 0.269 e. The molecule has 1 rings (SSSR count). The van der Waals surface area contributed by atoms with Gasteiger partial charge in [0.25, 0.3) is 11.6 Å². The fourth-order valence-electron chi connectivity index (χ4n) is 1.38. The summed E-state index contributed by atoms with van der Waals surface area (Å²) in [5, 5.41) is 13.2. The van der Waals surface area contributed by atoms with Crippen LogP contribution in [-0.4, -0.2) is 23.4 Å². The van der Waals surface area contributed by atoms with Crippen LogP contribution in [0.5, 0.6) is 0 Å². The van der Waals surface area contributed by atoms with Gasteiger partial charge in [0.15, 0.2) is 0 Å². The number of hydrogen-bond acceptors (Lipinski definition) is 4. The summed E-state index contributed by atoms with van der Waals surface area (Å²) in [7, 11) is 0. The average Bonchev–Trinajstić information content (AvgIpc) is 2.28. The van der Waals surface area contributed by atoms with Crippen molar-refractivity contribution in [1.82, 2.24) is 5.32 Å². The molecule has 0 fully saturated rings. The summed E-state index contributed by atoms with van der Waals surface area (Å²) < 4.78 is 0. The Morgan fingerprint density at radius 2 is 2.17 bits per heavy atom. The van der Waals surface area contributed by atoms with Crippen LogP contribution in [0.2, 0.25) is 0 Å². The molecule has 0 aromatic heterocycles. The maximum atomic E-state index is 11.8. The minimum absolute atomic E-state index is 0. The second-order valence-electron chi connectivity index (χ2n) is 3.87. The number of non-ortho nitro benzene ring substituents is 1. The van der Waals surface area contributed by atoms with Gasteiger partial charge in [0, 0.05) is 30.3 Å². The van der Waals surface area contributed by atoms with Gasteiger partial charge in [0.05, 0.1) is 4.92 Å². The fourth-order valence-corrected chi connectivity index (χ4v) is 1.38. The summed E-state index contributed by atoms with van der Waals surface area (Å²) in [5.41, 5.74) is 6.37. The van der Waals surface area contributed by atoms with Crippen LogP contribution in [0.1, 0.15) is 22.8 Å². The van der Waals surface area contributed by atoms with E-state index in [1.54, 1.807) is 13.8 Å². The van der Waals surface area contributed by atoms with Gasteiger partial charge in [0.1, 0.15) is 0 Å². The molecule has 1 atom stereocenters. The van der Waals surface area contributed by atoms with Gasteiger partial charge in [-0.05, 0) is 25.5 Å². The molecule has 0 spiro atoms. The van der Waals surface area contributed by atoms with Crippen molar-refractivity contribution in [2.24, 2.45) is 5.73 Å². The lowest BCUT2D eigenvalue weighted by Crippen LogP contribution is -2.38. The van der Waals surface area contributed by atoms with Crippen LogP contribution in [0, 0.1) is 17.0 Å². The summed E-state index contributed by atoms with van der Waals surface area (Å²) >= 11 is 0. The van der Waals surface area contributed by atoms with Crippen LogP contribution >= 0.6 is 12.4 Å². The van der Waals surface area contributed by atoms with Gasteiger partial charge in [-0.3, -0.25) is 14.9 Å². The second-order valence-corrected chi connectivity index (χ2v) is 3.87. The van der Waals surface area contributed by atoms with E-state index < -0.39 is 4.92 Å². The molecule has 0 unspecified atom stereocenters. The molecule has 0 saturated carbocycles. The number of nitrogens with zero attached hydrogens (tertiary/aromatic N) is 1. The summed E-state index contributed by atoms with van der Waals surface area (Å²) in [6, 6.07) is 4.01. The van der Waals surface area contributed by atoms with Crippen molar-refractivity contribution in [3.05, 3.63) is 39.4 Å². The summed E-state index contributed by atoms with van der Waals surface area (Å²) in [4.78, 5) is 21.8. The molecule has 1 aromatic rings. The third-order valence-electron chi connectivity index (χ3n) is 2.40. The van der Waals surface area contributed by atoms with E-state index in [2.05, 4.69) is 5.32 Å². The monoisotopic (exact) mass is 273 g/mol. The first kappa shape index (κ1) is 16.3. The first-order valence-electron chi connectivity index (χ1n) is 5.21. The molecule has 1 aromatic carbocycles. The molecular formula is C11H16ClN3O3. The Labute approximate surface area is 111 Å². The second kappa shape index (κ2) is 6.93. The largest absolute Gasteiger partial charge is 0.348 e. The number of halogens is 1. The molecule has 6 nitrogen and oxygen atoms in total. The van der Waals surface area contributed by atoms with E-state index in [-0.39, 0.29) is 30.0 Å². The van der Waals surface area contributed by atoms with Gasteiger partial charge in [-0.25, -0.2) is 0 Å². The molecule has 0 aliphatic heterocycles. The van der Waals surface area contributed by atoms with Crippen molar-refractivity contribution in [1.29, 1.82) is 0 Å². The van der Waals surface area contributed by atoms with Crippen LogP contribution in [0.15, 0.2) is 18.2 Å². The van der Waals surface area contributed by atoms with Gasteiger partial charge in [-0.2, -0.15) is 0 Å². The molecule has 0 saturated heterocycles. The molecule has 7 heteroatoms. The van der Waals surface area contributed by atoms with Crippen molar-refractivity contribution in [3.63, 3.8) is 0 Å². The number of nitro benzene ring substituents is 1. The van der Waals surface area contributed by atoms with Crippen molar-refractivity contribution < 1.29 is 9.72 Å². The number of hydrogen-bond donors (Lipinski definition) is 2. The highest BCUT2D eigenvalue weighted by atomic mass is 35.5. The predicted molar refractivity (Wildman–Crippen MR) is 71.1 cm³/mol. The lowest BCUT2D eigenvalue weighted by Gasteiger charge is -2.12. The zero-order valence-corrected chi connectivity index (χ0v) is 11.0. The van der Waals surface area contributed by atoms with Crippen molar-refractivity contribution in [3.8, 4) is 0 Å². The Bertz CT molecular complexity index is 451. The van der Waals surface area contributed by atoms with E-state index in [4.69, 9.17) is 5.73 Å². The number of nitrogens with one attached hydrogen (secondary N) is 1. The highest BCUT2D eigenvalue weighted by Crippen LogP contribution is 2.17. The summed E-state index contributed by atoms with van der Waals surface area (Å²) in [5.74, 6) is -0.268. The Kier molecular flexibility index (Phi) is 6.29. The zero-order chi connectivity index (χ0) is 13.0. The predicted octanol–water partition coefficient (Wildman–Crippen LogP) is 1.40. The van der Waals surface area contributed by atoms with E-state index >= 15 is 0 Å². The van der Waals surface area contributed by atoms with Crippen molar-refractivity contribution in [2.75, 3.05) is 6.54 Å². The van der Waals surface area contributed by atoms with Gasteiger partial charge < -0.3 is 11.1 Å².